The first-order valence-corrected chi connectivity index (χ1v) is 11.4. The standard InChI is InChI=1S/C22H23FN4O5S/c1-5-32-22(29)19-13(2)24-16-8-6-7-9-17(16)25-20(19)26-21(28)14-10-11-15(23)18(12-14)33(30,31)27(3)4/h6-12,24H,5H2,1-4H3,(H,25,26,28). The fourth-order valence-corrected chi connectivity index (χ4v) is 4.04. The number of carbonyl (C=O) groups is 2. The zero-order valence-corrected chi connectivity index (χ0v) is 19.3. The molecule has 1 aliphatic heterocycles. The van der Waals surface area contributed by atoms with Crippen molar-refractivity contribution in [2.24, 2.45) is 4.99 Å². The van der Waals surface area contributed by atoms with Gasteiger partial charge in [0, 0.05) is 25.4 Å². The lowest BCUT2D eigenvalue weighted by atomic mass is 10.1. The molecule has 0 unspecified atom stereocenters. The Bertz CT molecular complexity index is 1290. The number of nitrogens with one attached hydrogen (secondary N) is 2. The van der Waals surface area contributed by atoms with Crippen LogP contribution in [0.1, 0.15) is 24.2 Å². The molecule has 0 fully saturated rings. The summed E-state index contributed by atoms with van der Waals surface area (Å²) in [6.45, 7) is 3.39. The topological polar surface area (TPSA) is 117 Å². The molecular weight excluding hydrogens is 451 g/mol. The van der Waals surface area contributed by atoms with Crippen molar-refractivity contribution in [3.63, 3.8) is 0 Å². The summed E-state index contributed by atoms with van der Waals surface area (Å²) < 4.78 is 45.0. The van der Waals surface area contributed by atoms with Crippen LogP contribution in [-0.4, -0.2) is 51.1 Å². The number of ether oxygens (including phenoxy) is 1. The molecule has 33 heavy (non-hydrogen) atoms. The molecule has 2 N–H and O–H groups in total. The summed E-state index contributed by atoms with van der Waals surface area (Å²) >= 11 is 0. The minimum Gasteiger partial charge on any atom is -0.462 e. The number of hydrogen-bond acceptors (Lipinski definition) is 7. The molecule has 1 heterocycles. The van der Waals surface area contributed by atoms with E-state index in [1.54, 1.807) is 38.1 Å². The summed E-state index contributed by atoms with van der Waals surface area (Å²) in [5.41, 5.74) is 1.34. The van der Waals surface area contributed by atoms with E-state index in [0.717, 1.165) is 22.5 Å². The van der Waals surface area contributed by atoms with Crippen molar-refractivity contribution in [3.8, 4) is 0 Å². The number of carbonyl (C=O) groups excluding carboxylic acids is 2. The Labute approximate surface area is 191 Å². The number of nitrogens with zero attached hydrogens (tertiary/aromatic N) is 2. The highest BCUT2D eigenvalue weighted by atomic mass is 32.2. The van der Waals surface area contributed by atoms with E-state index in [9.17, 15) is 22.4 Å². The predicted octanol–water partition coefficient (Wildman–Crippen LogP) is 2.80. The summed E-state index contributed by atoms with van der Waals surface area (Å²) in [6, 6.07) is 9.95. The summed E-state index contributed by atoms with van der Waals surface area (Å²) in [6.07, 6.45) is 0. The minimum absolute atomic E-state index is 0.00430. The van der Waals surface area contributed by atoms with Crippen LogP contribution in [0.15, 0.2) is 63.6 Å². The molecule has 174 valence electrons. The molecule has 11 heteroatoms. The van der Waals surface area contributed by atoms with Gasteiger partial charge in [-0.3, -0.25) is 4.79 Å². The lowest BCUT2D eigenvalue weighted by molar-refractivity contribution is -0.137. The van der Waals surface area contributed by atoms with Gasteiger partial charge in [-0.1, -0.05) is 12.1 Å². The number of aliphatic imine (C=N–C) groups is 1. The number of benzene rings is 2. The van der Waals surface area contributed by atoms with Crippen molar-refractivity contribution in [3.05, 3.63) is 65.1 Å². The highest BCUT2D eigenvalue weighted by molar-refractivity contribution is 7.89. The van der Waals surface area contributed by atoms with Crippen LogP contribution >= 0.6 is 0 Å². The van der Waals surface area contributed by atoms with E-state index in [0.29, 0.717) is 17.1 Å². The number of rotatable bonds is 5. The molecule has 9 nitrogen and oxygen atoms in total. The second kappa shape index (κ2) is 9.51. The third-order valence-corrected chi connectivity index (χ3v) is 6.56. The van der Waals surface area contributed by atoms with Crippen molar-refractivity contribution in [2.75, 3.05) is 26.0 Å². The largest absolute Gasteiger partial charge is 0.462 e. The molecule has 0 saturated carbocycles. The molecule has 0 atom stereocenters. The summed E-state index contributed by atoms with van der Waals surface area (Å²) in [5.74, 6) is -2.56. The molecule has 1 aliphatic rings. The average Bonchev–Trinajstić information content (AvgIpc) is 2.88. The van der Waals surface area contributed by atoms with E-state index in [2.05, 4.69) is 15.6 Å². The van der Waals surface area contributed by atoms with Crippen molar-refractivity contribution < 1.29 is 27.1 Å². The van der Waals surface area contributed by atoms with Gasteiger partial charge in [0.2, 0.25) is 10.0 Å². The Morgan fingerprint density at radius 3 is 2.55 bits per heavy atom. The second-order valence-electron chi connectivity index (χ2n) is 7.21. The monoisotopic (exact) mass is 474 g/mol. The second-order valence-corrected chi connectivity index (χ2v) is 9.33. The number of amides is 1. The number of anilines is 1. The maximum Gasteiger partial charge on any atom is 0.343 e. The van der Waals surface area contributed by atoms with Gasteiger partial charge in [-0.2, -0.15) is 0 Å². The SMILES string of the molecule is CCOC(=O)C1=C(C)Nc2ccccc2N=C1NC(=O)c1ccc(F)c(S(=O)(=O)N(C)C)c1. The van der Waals surface area contributed by atoms with E-state index in [1.165, 1.54) is 14.1 Å². The van der Waals surface area contributed by atoms with E-state index >= 15 is 0 Å². The van der Waals surface area contributed by atoms with Gasteiger partial charge in [0.25, 0.3) is 5.91 Å². The van der Waals surface area contributed by atoms with E-state index in [4.69, 9.17) is 4.74 Å². The summed E-state index contributed by atoms with van der Waals surface area (Å²) in [5, 5.41) is 5.63. The lowest BCUT2D eigenvalue weighted by Crippen LogP contribution is -2.35. The van der Waals surface area contributed by atoms with Gasteiger partial charge in [0.1, 0.15) is 22.1 Å². The fourth-order valence-electron chi connectivity index (χ4n) is 3.06. The smallest absolute Gasteiger partial charge is 0.343 e. The number of allylic oxidation sites excluding steroid dienone is 1. The van der Waals surface area contributed by atoms with Crippen LogP contribution in [0.3, 0.4) is 0 Å². The molecule has 0 saturated heterocycles. The number of halogens is 1. The fraction of sp³-hybridized carbons (Fsp3) is 0.227. The molecule has 0 aliphatic carbocycles. The van der Waals surface area contributed by atoms with Crippen LogP contribution in [0.5, 0.6) is 0 Å². The highest BCUT2D eigenvalue weighted by Gasteiger charge is 2.28. The number of esters is 1. The first-order chi connectivity index (χ1) is 15.6. The van der Waals surface area contributed by atoms with E-state index in [1.807, 2.05) is 0 Å². The van der Waals surface area contributed by atoms with Crippen LogP contribution < -0.4 is 10.6 Å². The molecule has 0 aromatic heterocycles. The third kappa shape index (κ3) is 4.94. The molecule has 1 amide bonds. The Morgan fingerprint density at radius 2 is 1.88 bits per heavy atom. The molecule has 3 rings (SSSR count). The third-order valence-electron chi connectivity index (χ3n) is 4.73. The van der Waals surface area contributed by atoms with Gasteiger partial charge in [-0.15, -0.1) is 0 Å². The van der Waals surface area contributed by atoms with Crippen LogP contribution in [-0.2, 0) is 19.6 Å². The molecule has 2 aromatic carbocycles. The number of amidine groups is 1. The maximum atomic E-state index is 14.2. The van der Waals surface area contributed by atoms with Crippen LogP contribution in [0.4, 0.5) is 15.8 Å². The first-order valence-electron chi connectivity index (χ1n) is 9.92. The Morgan fingerprint density at radius 1 is 1.18 bits per heavy atom. The number of para-hydroxylation sites is 2. The molecular formula is C22H23FN4O5S. The van der Waals surface area contributed by atoms with Gasteiger partial charge in [0.05, 0.1) is 18.0 Å². The zero-order chi connectivity index (χ0) is 24.3. The maximum absolute atomic E-state index is 14.2. The highest BCUT2D eigenvalue weighted by Crippen LogP contribution is 2.30. The quantitative estimate of drug-likeness (QED) is 0.644. The Kier molecular flexibility index (Phi) is 6.94. The van der Waals surface area contributed by atoms with Crippen LogP contribution in [0.2, 0.25) is 0 Å². The van der Waals surface area contributed by atoms with Gasteiger partial charge in [0.15, 0.2) is 0 Å². The Balaban J connectivity index is 2.06. The van der Waals surface area contributed by atoms with Crippen molar-refractivity contribution in [2.45, 2.75) is 18.7 Å². The predicted molar refractivity (Wildman–Crippen MR) is 121 cm³/mol. The van der Waals surface area contributed by atoms with Gasteiger partial charge < -0.3 is 15.4 Å². The molecule has 0 radical (unpaired) electrons. The molecule has 0 spiro atoms. The average molecular weight is 475 g/mol. The molecule has 0 bridgehead atoms. The van der Waals surface area contributed by atoms with Crippen molar-refractivity contribution >= 4 is 39.1 Å². The lowest BCUT2D eigenvalue weighted by Gasteiger charge is -2.15. The van der Waals surface area contributed by atoms with Crippen molar-refractivity contribution in [1.82, 2.24) is 9.62 Å². The van der Waals surface area contributed by atoms with Crippen molar-refractivity contribution in [1.29, 1.82) is 0 Å². The Hall–Kier alpha value is -3.57. The van der Waals surface area contributed by atoms with Gasteiger partial charge in [-0.25, -0.2) is 26.9 Å². The summed E-state index contributed by atoms with van der Waals surface area (Å²) in [7, 11) is -1.62. The van der Waals surface area contributed by atoms with Crippen LogP contribution in [0.25, 0.3) is 0 Å². The first kappa shape index (κ1) is 24.1. The minimum atomic E-state index is -4.13. The normalized spacial score (nSPS) is 13.6. The van der Waals surface area contributed by atoms with Gasteiger partial charge in [-0.05, 0) is 44.2 Å². The summed E-state index contributed by atoms with van der Waals surface area (Å²) in [4.78, 5) is 29.4. The molecule has 2 aromatic rings. The number of fused-ring (bicyclic) bond motifs is 1. The zero-order valence-electron chi connectivity index (χ0n) is 18.5. The van der Waals surface area contributed by atoms with Gasteiger partial charge >= 0.3 is 5.97 Å². The van der Waals surface area contributed by atoms with E-state index in [-0.39, 0.29) is 23.6 Å². The van der Waals surface area contributed by atoms with Crippen LogP contribution in [0, 0.1) is 5.82 Å². The number of hydrogen-bond donors (Lipinski definition) is 2. The van der Waals surface area contributed by atoms with E-state index < -0.39 is 32.6 Å². The number of sulfonamides is 1.